The van der Waals surface area contributed by atoms with Gasteiger partial charge in [-0.25, -0.2) is 0 Å². The minimum atomic E-state index is 1.07. The van der Waals surface area contributed by atoms with Gasteiger partial charge in [0.25, 0.3) is 0 Å². The van der Waals surface area contributed by atoms with Gasteiger partial charge >= 0.3 is 0 Å². The first-order valence-electron chi connectivity index (χ1n) is 25.1. The molecule has 12 aromatic carbocycles. The van der Waals surface area contributed by atoms with Crippen molar-refractivity contribution in [2.75, 3.05) is 14.7 Å². The molecule has 0 atom stereocenters. The lowest BCUT2D eigenvalue weighted by atomic mass is 10.1. The van der Waals surface area contributed by atoms with Crippen molar-refractivity contribution in [1.29, 1.82) is 0 Å². The molecular weight excluding hydrogens is 885 g/mol. The topological polar surface area (TPSA) is 14.7 Å². The molecule has 0 spiro atoms. The molecule has 0 bridgehead atoms. The largest absolute Gasteiger partial charge is 0.310 e. The highest BCUT2D eigenvalue weighted by Crippen LogP contribution is 2.45. The van der Waals surface area contributed by atoms with Crippen LogP contribution in [0.15, 0.2) is 261 Å². The van der Waals surface area contributed by atoms with Crippen LogP contribution in [0.25, 0.3) is 59.8 Å². The Labute approximate surface area is 426 Å². The predicted octanol–water partition coefficient (Wildman–Crippen LogP) is 19.6. The second kappa shape index (κ2) is 18.1. The number of nitrogens with zero attached hydrogens (tertiary/aromatic N) is 4. The van der Waals surface area contributed by atoms with Crippen LogP contribution in [0.4, 0.5) is 51.2 Å². The van der Waals surface area contributed by atoms with Crippen molar-refractivity contribution in [3.05, 3.63) is 278 Å². The Morgan fingerprint density at radius 1 is 0.233 bits per heavy atom. The number of anilines is 9. The van der Waals surface area contributed by atoms with Gasteiger partial charge < -0.3 is 19.3 Å². The number of rotatable bonds is 10. The summed E-state index contributed by atoms with van der Waals surface area (Å²) in [6.07, 6.45) is 0. The first-order valence-corrected chi connectivity index (χ1v) is 25.1. The molecule has 0 saturated heterocycles. The summed E-state index contributed by atoms with van der Waals surface area (Å²) in [5, 5.41) is 9.57. The Morgan fingerprint density at radius 3 is 0.904 bits per heavy atom. The van der Waals surface area contributed by atoms with Crippen molar-refractivity contribution in [2.45, 2.75) is 20.8 Å². The van der Waals surface area contributed by atoms with Crippen LogP contribution in [0, 0.1) is 20.8 Å². The molecule has 0 fully saturated rings. The van der Waals surface area contributed by atoms with E-state index >= 15 is 0 Å². The lowest BCUT2D eigenvalue weighted by molar-refractivity contribution is 1.17. The minimum absolute atomic E-state index is 1.07. The summed E-state index contributed by atoms with van der Waals surface area (Å²) in [4.78, 5) is 7.18. The standard InChI is InChI=1S/C69H52N4/c1-47-19-28-56(29-20-47)70(61-34-25-50-11-4-7-14-53(50)41-61)59-17-10-18-60(44-59)73-68-39-37-64(71(57-30-21-48(2)22-31-57)62-35-26-51-12-5-8-15-54(51)42-62)45-66(68)67-46-65(38-40-69(67)73)72(58-32-23-49(3)24-33-58)63-36-27-52-13-6-9-16-55(52)43-63/h4-46H,1-3H3. The minimum Gasteiger partial charge on any atom is -0.310 e. The molecule has 13 rings (SSSR count). The molecule has 4 heteroatoms. The molecule has 1 aromatic heterocycles. The zero-order chi connectivity index (χ0) is 49.0. The Balaban J connectivity index is 1.04. The normalized spacial score (nSPS) is 11.5. The fraction of sp³-hybridized carbons (Fsp3) is 0.0435. The van der Waals surface area contributed by atoms with E-state index in [1.54, 1.807) is 0 Å². The van der Waals surface area contributed by atoms with Crippen molar-refractivity contribution >= 4 is 105 Å². The van der Waals surface area contributed by atoms with E-state index in [0.717, 1.165) is 78.7 Å². The molecule has 0 amide bonds. The first-order chi connectivity index (χ1) is 35.9. The third-order valence-electron chi connectivity index (χ3n) is 14.4. The molecule has 0 saturated carbocycles. The van der Waals surface area contributed by atoms with Gasteiger partial charge in [-0.1, -0.05) is 150 Å². The molecule has 0 aliphatic carbocycles. The van der Waals surface area contributed by atoms with Gasteiger partial charge in [0, 0.05) is 67.6 Å². The molecule has 0 unspecified atom stereocenters. The second-order valence-corrected chi connectivity index (χ2v) is 19.4. The number of aromatic nitrogens is 1. The zero-order valence-electron chi connectivity index (χ0n) is 41.1. The summed E-state index contributed by atoms with van der Waals surface area (Å²) >= 11 is 0. The van der Waals surface area contributed by atoms with Gasteiger partial charge in [0.2, 0.25) is 0 Å². The molecule has 0 radical (unpaired) electrons. The van der Waals surface area contributed by atoms with Crippen molar-refractivity contribution in [2.24, 2.45) is 0 Å². The van der Waals surface area contributed by atoms with Crippen molar-refractivity contribution < 1.29 is 0 Å². The van der Waals surface area contributed by atoms with Crippen LogP contribution in [0.2, 0.25) is 0 Å². The van der Waals surface area contributed by atoms with Crippen LogP contribution < -0.4 is 14.7 Å². The van der Waals surface area contributed by atoms with Gasteiger partial charge in [-0.3, -0.25) is 0 Å². The Kier molecular flexibility index (Phi) is 10.8. The highest BCUT2D eigenvalue weighted by atomic mass is 15.2. The van der Waals surface area contributed by atoms with Gasteiger partial charge in [-0.05, 0) is 180 Å². The number of hydrogen-bond acceptors (Lipinski definition) is 3. The lowest BCUT2D eigenvalue weighted by Gasteiger charge is -2.27. The van der Waals surface area contributed by atoms with E-state index in [4.69, 9.17) is 0 Å². The molecular formula is C69H52N4. The summed E-state index contributed by atoms with van der Waals surface area (Å²) in [5.41, 5.74) is 16.8. The molecule has 0 N–H and O–H groups in total. The molecule has 0 aliphatic heterocycles. The lowest BCUT2D eigenvalue weighted by Crippen LogP contribution is -2.11. The van der Waals surface area contributed by atoms with Crippen molar-refractivity contribution in [3.8, 4) is 5.69 Å². The summed E-state index contributed by atoms with van der Waals surface area (Å²) < 4.78 is 2.45. The van der Waals surface area contributed by atoms with Crippen LogP contribution >= 0.6 is 0 Å². The van der Waals surface area contributed by atoms with Gasteiger partial charge in [-0.2, -0.15) is 0 Å². The zero-order valence-corrected chi connectivity index (χ0v) is 41.1. The molecule has 348 valence electrons. The monoisotopic (exact) mass is 936 g/mol. The Bertz CT molecular complexity index is 4000. The molecule has 73 heavy (non-hydrogen) atoms. The SMILES string of the molecule is Cc1ccc(N(c2cccc(-n3c4ccc(N(c5ccc(C)cc5)c5ccc6ccccc6c5)cc4c4cc(N(c5ccc(C)cc5)c5ccc6ccccc6c5)ccc43)c2)c2ccc3ccccc3c2)cc1. The third kappa shape index (κ3) is 8.09. The Hall–Kier alpha value is -9.38. The number of hydrogen-bond donors (Lipinski definition) is 0. The van der Waals surface area contributed by atoms with Gasteiger partial charge in [-0.15, -0.1) is 0 Å². The number of benzene rings is 12. The molecule has 1 heterocycles. The fourth-order valence-electron chi connectivity index (χ4n) is 10.7. The van der Waals surface area contributed by atoms with E-state index in [-0.39, 0.29) is 0 Å². The first kappa shape index (κ1) is 43.6. The molecule has 4 nitrogen and oxygen atoms in total. The fourth-order valence-corrected chi connectivity index (χ4v) is 10.7. The van der Waals surface area contributed by atoms with Crippen LogP contribution in [0.5, 0.6) is 0 Å². The van der Waals surface area contributed by atoms with E-state index < -0.39 is 0 Å². The second-order valence-electron chi connectivity index (χ2n) is 19.4. The van der Waals surface area contributed by atoms with Gasteiger partial charge in [0.1, 0.15) is 0 Å². The van der Waals surface area contributed by atoms with Crippen molar-refractivity contribution in [1.82, 2.24) is 4.57 Å². The van der Waals surface area contributed by atoms with E-state index in [2.05, 4.69) is 301 Å². The average molecular weight is 937 g/mol. The predicted molar refractivity (Wildman–Crippen MR) is 312 cm³/mol. The summed E-state index contributed by atoms with van der Waals surface area (Å²) in [5.74, 6) is 0. The van der Waals surface area contributed by atoms with Crippen LogP contribution in [0.1, 0.15) is 16.7 Å². The maximum Gasteiger partial charge on any atom is 0.0542 e. The molecule has 0 aliphatic rings. The smallest absolute Gasteiger partial charge is 0.0542 e. The quantitative estimate of drug-likeness (QED) is 0.136. The average Bonchev–Trinajstić information content (AvgIpc) is 3.76. The highest BCUT2D eigenvalue weighted by molar-refractivity contribution is 6.12. The van der Waals surface area contributed by atoms with Crippen LogP contribution in [-0.2, 0) is 0 Å². The van der Waals surface area contributed by atoms with E-state index in [0.29, 0.717) is 0 Å². The van der Waals surface area contributed by atoms with E-state index in [1.165, 1.54) is 49.0 Å². The maximum absolute atomic E-state index is 2.45. The number of aryl methyl sites for hydroxylation is 3. The van der Waals surface area contributed by atoms with E-state index in [1.807, 2.05) is 0 Å². The van der Waals surface area contributed by atoms with E-state index in [9.17, 15) is 0 Å². The van der Waals surface area contributed by atoms with Crippen LogP contribution in [0.3, 0.4) is 0 Å². The maximum atomic E-state index is 2.45. The summed E-state index contributed by atoms with van der Waals surface area (Å²) in [7, 11) is 0. The van der Waals surface area contributed by atoms with Crippen molar-refractivity contribution in [3.63, 3.8) is 0 Å². The third-order valence-corrected chi connectivity index (χ3v) is 14.4. The Morgan fingerprint density at radius 2 is 0.534 bits per heavy atom. The van der Waals surface area contributed by atoms with Gasteiger partial charge in [0.15, 0.2) is 0 Å². The highest BCUT2D eigenvalue weighted by Gasteiger charge is 2.22. The molecule has 13 aromatic rings. The number of fused-ring (bicyclic) bond motifs is 6. The summed E-state index contributed by atoms with van der Waals surface area (Å²) in [6, 6.07) is 95.9. The van der Waals surface area contributed by atoms with Gasteiger partial charge in [0.05, 0.1) is 11.0 Å². The summed E-state index contributed by atoms with van der Waals surface area (Å²) in [6.45, 7) is 6.45. The van der Waals surface area contributed by atoms with Crippen LogP contribution in [-0.4, -0.2) is 4.57 Å².